The van der Waals surface area contributed by atoms with Gasteiger partial charge in [-0.25, -0.2) is 0 Å². The molecule has 41 heavy (non-hydrogen) atoms. The minimum absolute atomic E-state index is 0.0225. The average molecular weight is 754 g/mol. The van der Waals surface area contributed by atoms with Crippen LogP contribution in [0.15, 0.2) is 69.6 Å². The molecule has 0 radical (unpaired) electrons. The SMILES string of the molecule is CN(Cc1ccc(Br)cc1)C(=O)C1(NC(=O)c2ccc(C=CC(c3cc(Cl)c(Cl)c(Cl)c3)C(F)(F)F)cc2Br)CC1. The average Bonchev–Trinajstić information content (AvgIpc) is 3.67. The molecule has 1 unspecified atom stereocenters. The maximum atomic E-state index is 13.9. The van der Waals surface area contributed by atoms with E-state index in [-0.39, 0.29) is 32.1 Å². The molecular formula is C29H22Br2Cl3F3N2O2. The first-order chi connectivity index (χ1) is 19.2. The van der Waals surface area contributed by atoms with Gasteiger partial charge in [0.2, 0.25) is 5.91 Å². The lowest BCUT2D eigenvalue weighted by Gasteiger charge is -2.25. The Morgan fingerprint density at radius 3 is 2.17 bits per heavy atom. The number of rotatable bonds is 8. The standard InChI is InChI=1S/C29H22Br2Cl3F3N2O2/c1-39(15-17-2-6-19(30)7-3-17)27(41)28(10-11-28)38-26(40)20-8-4-16(12-22(20)31)5-9-21(29(35,36)37)18-13-23(32)25(34)24(33)14-18/h2-9,12-14,21H,10-11,15H2,1H3,(H,38,40). The third kappa shape index (κ3) is 7.68. The highest BCUT2D eigenvalue weighted by Gasteiger charge is 2.52. The summed E-state index contributed by atoms with van der Waals surface area (Å²) in [6, 6.07) is 14.4. The van der Waals surface area contributed by atoms with Crippen molar-refractivity contribution in [3.05, 3.63) is 107 Å². The van der Waals surface area contributed by atoms with E-state index in [1.807, 2.05) is 24.3 Å². The molecule has 1 N–H and O–H groups in total. The van der Waals surface area contributed by atoms with Gasteiger partial charge < -0.3 is 10.2 Å². The highest BCUT2D eigenvalue weighted by molar-refractivity contribution is 9.10. The van der Waals surface area contributed by atoms with Crippen molar-refractivity contribution in [2.75, 3.05) is 7.05 Å². The second-order valence-electron chi connectivity index (χ2n) is 9.74. The molecule has 1 saturated carbocycles. The minimum atomic E-state index is -4.62. The predicted molar refractivity (Wildman–Crippen MR) is 163 cm³/mol. The van der Waals surface area contributed by atoms with E-state index in [0.717, 1.165) is 28.2 Å². The van der Waals surface area contributed by atoms with Crippen molar-refractivity contribution in [2.45, 2.75) is 37.0 Å². The molecule has 0 heterocycles. The number of alkyl halides is 3. The Labute approximate surface area is 267 Å². The molecule has 0 spiro atoms. The summed E-state index contributed by atoms with van der Waals surface area (Å²) < 4.78 is 42.9. The number of hydrogen-bond donors (Lipinski definition) is 1. The first-order valence-electron chi connectivity index (χ1n) is 12.2. The van der Waals surface area contributed by atoms with Gasteiger partial charge in [0, 0.05) is 22.5 Å². The van der Waals surface area contributed by atoms with Gasteiger partial charge in [-0.3, -0.25) is 9.59 Å². The number of allylic oxidation sites excluding steroid dienone is 1. The van der Waals surface area contributed by atoms with Crippen LogP contribution >= 0.6 is 66.7 Å². The molecule has 1 aliphatic carbocycles. The van der Waals surface area contributed by atoms with Crippen molar-refractivity contribution in [3.8, 4) is 0 Å². The normalized spacial score (nSPS) is 15.0. The Morgan fingerprint density at radius 2 is 1.63 bits per heavy atom. The van der Waals surface area contributed by atoms with Crippen LogP contribution in [0, 0.1) is 0 Å². The van der Waals surface area contributed by atoms with E-state index in [4.69, 9.17) is 34.8 Å². The maximum Gasteiger partial charge on any atom is 0.399 e. The Bertz CT molecular complexity index is 1490. The van der Waals surface area contributed by atoms with Crippen molar-refractivity contribution in [1.29, 1.82) is 0 Å². The van der Waals surface area contributed by atoms with Gasteiger partial charge in [0.05, 0.1) is 26.5 Å². The van der Waals surface area contributed by atoms with E-state index in [9.17, 15) is 22.8 Å². The molecule has 0 bridgehead atoms. The van der Waals surface area contributed by atoms with E-state index in [0.29, 0.717) is 29.4 Å². The summed E-state index contributed by atoms with van der Waals surface area (Å²) >= 11 is 24.5. The monoisotopic (exact) mass is 750 g/mol. The zero-order chi connectivity index (χ0) is 30.1. The van der Waals surface area contributed by atoms with Gasteiger partial charge in [-0.15, -0.1) is 0 Å². The summed E-state index contributed by atoms with van der Waals surface area (Å²) in [6.45, 7) is 0.391. The molecule has 3 aromatic carbocycles. The van der Waals surface area contributed by atoms with Crippen LogP contribution in [0.2, 0.25) is 15.1 Å². The molecule has 3 aromatic rings. The number of benzene rings is 3. The van der Waals surface area contributed by atoms with E-state index in [2.05, 4.69) is 37.2 Å². The molecule has 1 fully saturated rings. The lowest BCUT2D eigenvalue weighted by atomic mass is 9.97. The second kappa shape index (κ2) is 12.7. The van der Waals surface area contributed by atoms with Crippen molar-refractivity contribution in [3.63, 3.8) is 0 Å². The van der Waals surface area contributed by atoms with Gasteiger partial charge in [-0.2, -0.15) is 13.2 Å². The summed E-state index contributed by atoms with van der Waals surface area (Å²) in [6.07, 6.45) is -1.32. The minimum Gasteiger partial charge on any atom is -0.339 e. The van der Waals surface area contributed by atoms with Gasteiger partial charge in [0.25, 0.3) is 5.91 Å². The van der Waals surface area contributed by atoms with Crippen LogP contribution in [-0.2, 0) is 11.3 Å². The number of halogens is 8. The van der Waals surface area contributed by atoms with Crippen molar-refractivity contribution in [2.24, 2.45) is 0 Å². The van der Waals surface area contributed by atoms with E-state index in [1.54, 1.807) is 11.9 Å². The van der Waals surface area contributed by atoms with Gasteiger partial charge in [-0.05, 0) is 81.9 Å². The zero-order valence-corrected chi connectivity index (χ0v) is 26.8. The maximum absolute atomic E-state index is 13.9. The van der Waals surface area contributed by atoms with Gasteiger partial charge in [-0.1, -0.05) is 81.1 Å². The van der Waals surface area contributed by atoms with Crippen LogP contribution in [0.3, 0.4) is 0 Å². The highest BCUT2D eigenvalue weighted by Crippen LogP contribution is 2.41. The van der Waals surface area contributed by atoms with Crippen LogP contribution in [0.5, 0.6) is 0 Å². The number of hydrogen-bond acceptors (Lipinski definition) is 2. The number of nitrogens with one attached hydrogen (secondary N) is 1. The number of nitrogens with zero attached hydrogens (tertiary/aromatic N) is 1. The van der Waals surface area contributed by atoms with Crippen LogP contribution in [0.1, 0.15) is 45.8 Å². The molecule has 1 aliphatic rings. The molecule has 12 heteroatoms. The quantitative estimate of drug-likeness (QED) is 0.233. The Hall–Kier alpha value is -2.04. The molecular weight excluding hydrogens is 731 g/mol. The van der Waals surface area contributed by atoms with Crippen molar-refractivity contribution < 1.29 is 22.8 Å². The number of likely N-dealkylation sites (N-methyl/N-ethyl adjacent to an activating group) is 1. The Morgan fingerprint density at radius 1 is 1.02 bits per heavy atom. The van der Waals surface area contributed by atoms with Crippen LogP contribution in [0.25, 0.3) is 6.08 Å². The molecule has 4 nitrogen and oxygen atoms in total. The van der Waals surface area contributed by atoms with Crippen LogP contribution < -0.4 is 5.32 Å². The summed E-state index contributed by atoms with van der Waals surface area (Å²) in [7, 11) is 1.69. The molecule has 216 valence electrons. The first kappa shape index (κ1) is 31.9. The van der Waals surface area contributed by atoms with E-state index >= 15 is 0 Å². The summed E-state index contributed by atoms with van der Waals surface area (Å²) in [5.41, 5.74) is 0.473. The number of amides is 2. The molecule has 0 aromatic heterocycles. The zero-order valence-electron chi connectivity index (χ0n) is 21.3. The summed E-state index contributed by atoms with van der Waals surface area (Å²) in [5.74, 6) is -2.65. The van der Waals surface area contributed by atoms with E-state index < -0.39 is 23.5 Å². The fraction of sp³-hybridized carbons (Fsp3) is 0.241. The summed E-state index contributed by atoms with van der Waals surface area (Å²) in [4.78, 5) is 27.9. The number of carbonyl (C=O) groups is 2. The van der Waals surface area contributed by atoms with Crippen LogP contribution in [0.4, 0.5) is 13.2 Å². The van der Waals surface area contributed by atoms with Gasteiger partial charge in [0.15, 0.2) is 0 Å². The first-order valence-corrected chi connectivity index (χ1v) is 14.9. The third-order valence-corrected chi connectivity index (χ3v) is 9.01. The van der Waals surface area contributed by atoms with Gasteiger partial charge >= 0.3 is 6.18 Å². The Balaban J connectivity index is 1.47. The second-order valence-corrected chi connectivity index (χ2v) is 12.7. The molecule has 1 atom stereocenters. The largest absolute Gasteiger partial charge is 0.399 e. The predicted octanol–water partition coefficient (Wildman–Crippen LogP) is 9.45. The van der Waals surface area contributed by atoms with Crippen molar-refractivity contribution in [1.82, 2.24) is 10.2 Å². The number of carbonyl (C=O) groups excluding carboxylic acids is 2. The van der Waals surface area contributed by atoms with Crippen molar-refractivity contribution >= 4 is 84.6 Å². The van der Waals surface area contributed by atoms with E-state index in [1.165, 1.54) is 24.3 Å². The highest BCUT2D eigenvalue weighted by atomic mass is 79.9. The lowest BCUT2D eigenvalue weighted by molar-refractivity contribution is -0.139. The topological polar surface area (TPSA) is 49.4 Å². The van der Waals surface area contributed by atoms with Gasteiger partial charge in [0.1, 0.15) is 5.54 Å². The third-order valence-electron chi connectivity index (χ3n) is 6.63. The molecule has 0 aliphatic heterocycles. The molecule has 4 rings (SSSR count). The fourth-order valence-corrected chi connectivity index (χ4v) is 5.75. The Kier molecular flexibility index (Phi) is 9.86. The lowest BCUT2D eigenvalue weighted by Crippen LogP contribution is -2.49. The van der Waals surface area contributed by atoms with Crippen LogP contribution in [-0.4, -0.2) is 35.5 Å². The summed E-state index contributed by atoms with van der Waals surface area (Å²) in [5, 5.41) is 2.67. The smallest absolute Gasteiger partial charge is 0.339 e. The molecule has 0 saturated heterocycles. The fourth-order valence-electron chi connectivity index (χ4n) is 4.29. The molecule has 2 amide bonds.